The van der Waals surface area contributed by atoms with Crippen LogP contribution < -0.4 is 5.32 Å². The number of pyridine rings is 2. The number of rotatable bonds is 11. The van der Waals surface area contributed by atoms with E-state index in [2.05, 4.69) is 87.9 Å². The van der Waals surface area contributed by atoms with E-state index in [4.69, 9.17) is 9.97 Å². The number of hydrogen-bond donors (Lipinski definition) is 1. The zero-order valence-electron chi connectivity index (χ0n) is 23.2. The van der Waals surface area contributed by atoms with Crippen LogP contribution in [0.1, 0.15) is 89.6 Å². The van der Waals surface area contributed by atoms with E-state index in [0.717, 1.165) is 43.6 Å². The van der Waals surface area contributed by atoms with Crippen molar-refractivity contribution in [3.8, 4) is 11.3 Å². The number of nitrogens with one attached hydrogen (secondary N) is 1. The van der Waals surface area contributed by atoms with Gasteiger partial charge in [0.2, 0.25) is 0 Å². The lowest BCUT2D eigenvalue weighted by Crippen LogP contribution is -2.12. The maximum absolute atomic E-state index is 5.29. The molecule has 0 aliphatic heterocycles. The summed E-state index contributed by atoms with van der Waals surface area (Å²) in [4.78, 5) is 10.1. The van der Waals surface area contributed by atoms with Crippen LogP contribution in [0.2, 0.25) is 0 Å². The first-order chi connectivity index (χ1) is 17.5. The van der Waals surface area contributed by atoms with Crippen LogP contribution in [0.25, 0.3) is 22.3 Å². The van der Waals surface area contributed by atoms with Gasteiger partial charge in [-0.2, -0.15) is 0 Å². The average Bonchev–Trinajstić information content (AvgIpc) is 3.15. The van der Waals surface area contributed by atoms with E-state index in [1.54, 1.807) is 0 Å². The van der Waals surface area contributed by atoms with E-state index in [1.165, 1.54) is 58.6 Å². The van der Waals surface area contributed by atoms with Gasteiger partial charge in [0.1, 0.15) is 0 Å². The molecule has 0 radical (unpaired) electrons. The minimum Gasteiger partial charge on any atom is -0.379 e. The highest BCUT2D eigenvalue weighted by atomic mass is 15.0. The quantitative estimate of drug-likeness (QED) is 0.277. The van der Waals surface area contributed by atoms with E-state index in [9.17, 15) is 0 Å². The van der Waals surface area contributed by atoms with Gasteiger partial charge in [-0.3, -0.25) is 4.98 Å². The number of aryl methyl sites for hydroxylation is 2. The van der Waals surface area contributed by atoms with Gasteiger partial charge in [0.15, 0.2) is 0 Å². The molecule has 4 nitrogen and oxygen atoms in total. The van der Waals surface area contributed by atoms with Gasteiger partial charge in [0.25, 0.3) is 0 Å². The SMILES string of the molecule is CC/C=C\C(=C/C(C)CC)CNc1cc(-c2cccnc2C2CCC2)nc2c(C)c(CC)n(CC)c12. The Kier molecular flexibility index (Phi) is 8.66. The molecule has 4 rings (SSSR count). The predicted octanol–water partition coefficient (Wildman–Crippen LogP) is 8.61. The molecule has 1 unspecified atom stereocenters. The van der Waals surface area contributed by atoms with Crippen LogP contribution in [0.4, 0.5) is 5.69 Å². The molecule has 1 aliphatic carbocycles. The molecule has 3 heterocycles. The van der Waals surface area contributed by atoms with Crippen molar-refractivity contribution in [1.29, 1.82) is 0 Å². The number of allylic oxidation sites excluding steroid dienone is 2. The smallest absolute Gasteiger partial charge is 0.0941 e. The Morgan fingerprint density at radius 2 is 2.03 bits per heavy atom. The number of aromatic nitrogens is 3. The average molecular weight is 485 g/mol. The molecule has 36 heavy (non-hydrogen) atoms. The van der Waals surface area contributed by atoms with Gasteiger partial charge < -0.3 is 9.88 Å². The van der Waals surface area contributed by atoms with Gasteiger partial charge in [0.05, 0.1) is 28.1 Å². The van der Waals surface area contributed by atoms with Crippen molar-refractivity contribution >= 4 is 16.7 Å². The monoisotopic (exact) mass is 484 g/mol. The summed E-state index contributed by atoms with van der Waals surface area (Å²) in [6.45, 7) is 15.2. The van der Waals surface area contributed by atoms with E-state index in [-0.39, 0.29) is 0 Å². The van der Waals surface area contributed by atoms with Crippen LogP contribution in [-0.2, 0) is 13.0 Å². The van der Waals surface area contributed by atoms with Crippen molar-refractivity contribution in [1.82, 2.24) is 14.5 Å². The van der Waals surface area contributed by atoms with Gasteiger partial charge in [0, 0.05) is 36.5 Å². The van der Waals surface area contributed by atoms with Crippen LogP contribution in [0.5, 0.6) is 0 Å². The normalized spacial score (nSPS) is 15.6. The third kappa shape index (κ3) is 5.28. The molecular weight excluding hydrogens is 440 g/mol. The second-order valence-electron chi connectivity index (χ2n) is 10.3. The zero-order chi connectivity index (χ0) is 25.7. The Hall–Kier alpha value is -2.88. The van der Waals surface area contributed by atoms with Crippen molar-refractivity contribution in [2.24, 2.45) is 5.92 Å². The molecule has 0 saturated heterocycles. The summed E-state index contributed by atoms with van der Waals surface area (Å²) in [7, 11) is 0. The summed E-state index contributed by atoms with van der Waals surface area (Å²) in [5, 5.41) is 3.85. The first-order valence-electron chi connectivity index (χ1n) is 14.1. The summed E-state index contributed by atoms with van der Waals surface area (Å²) in [5.74, 6) is 1.12. The fourth-order valence-corrected chi connectivity index (χ4v) is 5.39. The van der Waals surface area contributed by atoms with Crippen molar-refractivity contribution in [3.05, 3.63) is 65.1 Å². The van der Waals surface area contributed by atoms with E-state index in [0.29, 0.717) is 11.8 Å². The molecule has 3 aromatic rings. The Balaban J connectivity index is 1.85. The van der Waals surface area contributed by atoms with Crippen LogP contribution >= 0.6 is 0 Å². The third-order valence-electron chi connectivity index (χ3n) is 7.83. The van der Waals surface area contributed by atoms with Crippen LogP contribution in [-0.4, -0.2) is 21.1 Å². The topological polar surface area (TPSA) is 42.7 Å². The van der Waals surface area contributed by atoms with E-state index < -0.39 is 0 Å². The molecule has 0 bridgehead atoms. The maximum atomic E-state index is 5.29. The minimum absolute atomic E-state index is 0.560. The highest BCUT2D eigenvalue weighted by Crippen LogP contribution is 2.41. The van der Waals surface area contributed by atoms with Gasteiger partial charge >= 0.3 is 0 Å². The molecule has 192 valence electrons. The number of nitrogens with zero attached hydrogens (tertiary/aromatic N) is 3. The molecule has 0 amide bonds. The predicted molar refractivity (Wildman–Crippen MR) is 155 cm³/mol. The van der Waals surface area contributed by atoms with Crippen LogP contribution in [0.15, 0.2) is 48.2 Å². The fraction of sp³-hybridized carbons (Fsp3) is 0.500. The highest BCUT2D eigenvalue weighted by molar-refractivity contribution is 5.95. The summed E-state index contributed by atoms with van der Waals surface area (Å²) in [5.41, 5.74) is 11.0. The van der Waals surface area contributed by atoms with Crippen molar-refractivity contribution in [2.75, 3.05) is 11.9 Å². The highest BCUT2D eigenvalue weighted by Gasteiger charge is 2.25. The minimum atomic E-state index is 0.560. The molecule has 0 spiro atoms. The fourth-order valence-electron chi connectivity index (χ4n) is 5.39. The number of hydrogen-bond acceptors (Lipinski definition) is 3. The largest absolute Gasteiger partial charge is 0.379 e. The molecule has 1 aliphatic rings. The summed E-state index contributed by atoms with van der Waals surface area (Å²) in [6, 6.07) is 6.54. The Morgan fingerprint density at radius 1 is 1.22 bits per heavy atom. The second-order valence-corrected chi connectivity index (χ2v) is 10.3. The standard InChI is InChI=1S/C32H44N4/c1-7-11-14-24(19-22(5)8-2)21-34-28-20-27(26-17-13-18-33-31(26)25-15-12-16-25)35-30-23(6)29(9-3)36(10-4)32(28)30/h11,13-14,17-20,22,25H,7-10,12,15-16,21H2,1-6H3,(H,34,35)/b14-11-,24-19+. The Labute approximate surface area is 217 Å². The van der Waals surface area contributed by atoms with Crippen molar-refractivity contribution in [2.45, 2.75) is 92.5 Å². The number of fused-ring (bicyclic) bond motifs is 1. The first kappa shape index (κ1) is 26.2. The van der Waals surface area contributed by atoms with Gasteiger partial charge in [-0.05, 0) is 74.8 Å². The second kappa shape index (κ2) is 11.9. The summed E-state index contributed by atoms with van der Waals surface area (Å²) in [6.07, 6.45) is 15.9. The molecule has 4 heteroatoms. The third-order valence-corrected chi connectivity index (χ3v) is 7.83. The molecule has 1 atom stereocenters. The van der Waals surface area contributed by atoms with Gasteiger partial charge in [-0.15, -0.1) is 0 Å². The lowest BCUT2D eigenvalue weighted by atomic mass is 9.80. The molecular formula is C32H44N4. The van der Waals surface area contributed by atoms with Crippen LogP contribution in [0, 0.1) is 12.8 Å². The van der Waals surface area contributed by atoms with Gasteiger partial charge in [-0.1, -0.05) is 58.8 Å². The Morgan fingerprint density at radius 3 is 2.67 bits per heavy atom. The lowest BCUT2D eigenvalue weighted by molar-refractivity contribution is 0.412. The van der Waals surface area contributed by atoms with Crippen LogP contribution in [0.3, 0.4) is 0 Å². The van der Waals surface area contributed by atoms with E-state index >= 15 is 0 Å². The maximum Gasteiger partial charge on any atom is 0.0941 e. The zero-order valence-corrected chi connectivity index (χ0v) is 23.2. The van der Waals surface area contributed by atoms with Crippen molar-refractivity contribution in [3.63, 3.8) is 0 Å². The first-order valence-corrected chi connectivity index (χ1v) is 14.1. The summed E-state index contributed by atoms with van der Waals surface area (Å²) < 4.78 is 2.46. The van der Waals surface area contributed by atoms with Gasteiger partial charge in [-0.25, -0.2) is 4.98 Å². The Bertz CT molecular complexity index is 1240. The molecule has 0 aromatic carbocycles. The number of anilines is 1. The van der Waals surface area contributed by atoms with E-state index in [1.807, 2.05) is 6.20 Å². The molecule has 3 aromatic heterocycles. The molecule has 1 N–H and O–H groups in total. The molecule has 1 fully saturated rings. The lowest BCUT2D eigenvalue weighted by Gasteiger charge is -2.26. The van der Waals surface area contributed by atoms with Crippen molar-refractivity contribution < 1.29 is 0 Å². The molecule has 1 saturated carbocycles. The summed E-state index contributed by atoms with van der Waals surface area (Å²) >= 11 is 0.